The zero-order chi connectivity index (χ0) is 18.7. The zero-order valence-electron chi connectivity index (χ0n) is 15.7. The highest BCUT2D eigenvalue weighted by Gasteiger charge is 2.20. The Morgan fingerprint density at radius 1 is 1.15 bits per heavy atom. The molecule has 1 aliphatic rings. The Morgan fingerprint density at radius 3 is 2.65 bits per heavy atom. The van der Waals surface area contributed by atoms with Crippen LogP contribution in [0.15, 0.2) is 30.6 Å². The van der Waals surface area contributed by atoms with Crippen molar-refractivity contribution < 1.29 is 10.2 Å². The van der Waals surface area contributed by atoms with Crippen molar-refractivity contribution in [3.8, 4) is 0 Å². The Kier molecular flexibility index (Phi) is 5.74. The molecule has 2 heterocycles. The van der Waals surface area contributed by atoms with Gasteiger partial charge in [0, 0.05) is 19.2 Å². The number of hydrogen-bond acceptors (Lipinski definition) is 6. The van der Waals surface area contributed by atoms with E-state index in [0.717, 1.165) is 36.7 Å². The summed E-state index contributed by atoms with van der Waals surface area (Å²) in [5, 5.41) is 22.6. The van der Waals surface area contributed by atoms with Crippen LogP contribution in [-0.4, -0.2) is 39.4 Å². The fourth-order valence-electron chi connectivity index (χ4n) is 3.24. The molecule has 0 spiro atoms. The van der Waals surface area contributed by atoms with Gasteiger partial charge in [0.2, 0.25) is 0 Å². The predicted octanol–water partition coefficient (Wildman–Crippen LogP) is 2.52. The number of fused-ring (bicyclic) bond motifs is 1. The van der Waals surface area contributed by atoms with Gasteiger partial charge in [-0.2, -0.15) is 0 Å². The molecule has 0 amide bonds. The maximum Gasteiger partial charge on any atom is 0.134 e. The normalized spacial score (nSPS) is 16.3. The van der Waals surface area contributed by atoms with E-state index in [0.29, 0.717) is 5.92 Å². The van der Waals surface area contributed by atoms with E-state index < -0.39 is 6.10 Å². The van der Waals surface area contributed by atoms with E-state index >= 15 is 0 Å². The van der Waals surface area contributed by atoms with Gasteiger partial charge in [0.25, 0.3) is 0 Å². The number of nitrogens with zero attached hydrogens (tertiary/aromatic N) is 3. The highest BCUT2D eigenvalue weighted by molar-refractivity contribution is 5.51. The van der Waals surface area contributed by atoms with Gasteiger partial charge in [-0.3, -0.25) is 0 Å². The van der Waals surface area contributed by atoms with Gasteiger partial charge < -0.3 is 20.4 Å². The third-order valence-corrected chi connectivity index (χ3v) is 5.04. The lowest BCUT2D eigenvalue weighted by atomic mass is 9.96. The Labute approximate surface area is 154 Å². The molecule has 6 nitrogen and oxygen atoms in total. The van der Waals surface area contributed by atoms with Crippen molar-refractivity contribution in [3.63, 3.8) is 0 Å². The second-order valence-corrected chi connectivity index (χ2v) is 7.31. The van der Waals surface area contributed by atoms with E-state index in [4.69, 9.17) is 0 Å². The lowest BCUT2D eigenvalue weighted by Crippen LogP contribution is -2.32. The molecule has 2 atom stereocenters. The topological polar surface area (TPSA) is 81.5 Å². The summed E-state index contributed by atoms with van der Waals surface area (Å²) in [7, 11) is 0. The third kappa shape index (κ3) is 4.14. The summed E-state index contributed by atoms with van der Waals surface area (Å²) in [5.41, 5.74) is 3.53. The van der Waals surface area contributed by atoms with Gasteiger partial charge in [0.1, 0.15) is 18.0 Å². The Balaban J connectivity index is 1.75. The molecule has 3 N–H and O–H groups in total. The molecule has 1 aromatic heterocycles. The lowest BCUT2D eigenvalue weighted by Gasteiger charge is -2.30. The molecule has 3 rings (SSSR count). The summed E-state index contributed by atoms with van der Waals surface area (Å²) >= 11 is 0. The maximum absolute atomic E-state index is 9.76. The number of aromatic nitrogens is 2. The first-order valence-corrected chi connectivity index (χ1v) is 9.22. The number of nitrogens with one attached hydrogen (secondary N) is 1. The number of rotatable bonds is 6. The Bertz CT molecular complexity index is 748. The first-order chi connectivity index (χ1) is 12.5. The van der Waals surface area contributed by atoms with Crippen LogP contribution in [0.5, 0.6) is 0 Å². The molecule has 140 valence electrons. The summed E-state index contributed by atoms with van der Waals surface area (Å²) in [6, 6.07) is 8.12. The molecule has 1 aromatic carbocycles. The predicted molar refractivity (Wildman–Crippen MR) is 103 cm³/mol. The average molecular weight is 356 g/mol. The molecule has 0 bridgehead atoms. The molecule has 0 radical (unpaired) electrons. The number of hydrogen-bond donors (Lipinski definition) is 3. The van der Waals surface area contributed by atoms with Crippen molar-refractivity contribution in [2.45, 2.75) is 45.9 Å². The Morgan fingerprint density at radius 2 is 1.96 bits per heavy atom. The molecular formula is C20H28N4O2. The van der Waals surface area contributed by atoms with Crippen molar-refractivity contribution >= 4 is 11.6 Å². The Hall–Kier alpha value is -2.18. The molecule has 0 saturated carbocycles. The van der Waals surface area contributed by atoms with Crippen LogP contribution in [0, 0.1) is 5.92 Å². The van der Waals surface area contributed by atoms with E-state index in [1.807, 2.05) is 12.1 Å². The molecule has 1 aliphatic heterocycles. The molecule has 0 saturated heterocycles. The smallest absolute Gasteiger partial charge is 0.134 e. The largest absolute Gasteiger partial charge is 0.394 e. The number of aliphatic hydroxyl groups excluding tert-OH is 2. The minimum atomic E-state index is -0.436. The molecule has 6 heteroatoms. The standard InChI is InChI=1S/C20H28N4O2/c1-13(2)18(11-25)23-19-9-20(22-12-21-19)24-7-6-16-8-15(14(3)26)4-5-17(16)10-24/h4-5,8-9,12-14,18,25-26H,6-7,10-11H2,1-3H3,(H,21,22,23)/t14-,18-/m0/s1. The van der Waals surface area contributed by atoms with Crippen LogP contribution >= 0.6 is 0 Å². The van der Waals surface area contributed by atoms with Crippen LogP contribution in [0.2, 0.25) is 0 Å². The first-order valence-electron chi connectivity index (χ1n) is 9.22. The minimum absolute atomic E-state index is 0.0290. The van der Waals surface area contributed by atoms with Crippen molar-refractivity contribution in [2.24, 2.45) is 5.92 Å². The summed E-state index contributed by atoms with van der Waals surface area (Å²) < 4.78 is 0. The zero-order valence-corrected chi connectivity index (χ0v) is 15.7. The van der Waals surface area contributed by atoms with Crippen molar-refractivity contribution in [3.05, 3.63) is 47.3 Å². The van der Waals surface area contributed by atoms with Gasteiger partial charge >= 0.3 is 0 Å². The van der Waals surface area contributed by atoms with E-state index in [-0.39, 0.29) is 12.6 Å². The van der Waals surface area contributed by atoms with Gasteiger partial charge in [-0.15, -0.1) is 0 Å². The second-order valence-electron chi connectivity index (χ2n) is 7.31. The van der Waals surface area contributed by atoms with Gasteiger partial charge in [-0.1, -0.05) is 32.0 Å². The van der Waals surface area contributed by atoms with Crippen LogP contribution in [-0.2, 0) is 13.0 Å². The molecule has 0 unspecified atom stereocenters. The minimum Gasteiger partial charge on any atom is -0.394 e. The number of anilines is 2. The van der Waals surface area contributed by atoms with Crippen molar-refractivity contribution in [1.82, 2.24) is 9.97 Å². The number of aliphatic hydroxyl groups is 2. The highest BCUT2D eigenvalue weighted by atomic mass is 16.3. The fraction of sp³-hybridized carbons (Fsp3) is 0.500. The van der Waals surface area contributed by atoms with E-state index in [1.165, 1.54) is 11.1 Å². The highest BCUT2D eigenvalue weighted by Crippen LogP contribution is 2.26. The summed E-state index contributed by atoms with van der Waals surface area (Å²) in [6.07, 6.45) is 2.06. The summed E-state index contributed by atoms with van der Waals surface area (Å²) in [5.74, 6) is 1.93. The van der Waals surface area contributed by atoms with Crippen molar-refractivity contribution in [2.75, 3.05) is 23.4 Å². The lowest BCUT2D eigenvalue weighted by molar-refractivity contribution is 0.199. The monoisotopic (exact) mass is 356 g/mol. The number of benzene rings is 1. The quantitative estimate of drug-likeness (QED) is 0.738. The van der Waals surface area contributed by atoms with Gasteiger partial charge in [0.15, 0.2) is 0 Å². The van der Waals surface area contributed by atoms with Crippen LogP contribution in [0.25, 0.3) is 0 Å². The van der Waals surface area contributed by atoms with Crippen LogP contribution in [0.4, 0.5) is 11.6 Å². The van der Waals surface area contributed by atoms with Gasteiger partial charge in [-0.25, -0.2) is 9.97 Å². The maximum atomic E-state index is 9.76. The third-order valence-electron chi connectivity index (χ3n) is 5.04. The molecule has 0 fully saturated rings. The van der Waals surface area contributed by atoms with Gasteiger partial charge in [-0.05, 0) is 36.0 Å². The van der Waals surface area contributed by atoms with Crippen LogP contribution in [0.3, 0.4) is 0 Å². The van der Waals surface area contributed by atoms with E-state index in [9.17, 15) is 10.2 Å². The SMILES string of the molecule is CC(C)[C@H](CO)Nc1cc(N2CCc3cc([C@H](C)O)ccc3C2)ncn1. The van der Waals surface area contributed by atoms with E-state index in [1.54, 1.807) is 13.3 Å². The van der Waals surface area contributed by atoms with Crippen LogP contribution in [0.1, 0.15) is 43.6 Å². The first kappa shape index (κ1) is 18.6. The molecule has 0 aliphatic carbocycles. The van der Waals surface area contributed by atoms with Crippen molar-refractivity contribution in [1.29, 1.82) is 0 Å². The summed E-state index contributed by atoms with van der Waals surface area (Å²) in [6.45, 7) is 7.67. The van der Waals surface area contributed by atoms with E-state index in [2.05, 4.69) is 46.2 Å². The molecular weight excluding hydrogens is 328 g/mol. The molecule has 26 heavy (non-hydrogen) atoms. The van der Waals surface area contributed by atoms with Gasteiger partial charge in [0.05, 0.1) is 18.8 Å². The summed E-state index contributed by atoms with van der Waals surface area (Å²) in [4.78, 5) is 11.0. The fourth-order valence-corrected chi connectivity index (χ4v) is 3.24. The molecule has 2 aromatic rings. The average Bonchev–Trinajstić information content (AvgIpc) is 2.65. The second kappa shape index (κ2) is 8.01. The van der Waals surface area contributed by atoms with Crippen LogP contribution < -0.4 is 10.2 Å².